The van der Waals surface area contributed by atoms with E-state index in [9.17, 15) is 0 Å². The van der Waals surface area contributed by atoms with Gasteiger partial charge < -0.3 is 16.2 Å². The molecule has 0 saturated heterocycles. The molecule has 1 atom stereocenters. The molecule has 0 radical (unpaired) electrons. The van der Waals surface area contributed by atoms with Gasteiger partial charge in [0.25, 0.3) is 0 Å². The molecule has 0 fully saturated rings. The Morgan fingerprint density at radius 1 is 1.33 bits per heavy atom. The molecule has 6 heteroatoms. The Morgan fingerprint density at radius 3 is 2.53 bits per heavy atom. The summed E-state index contributed by atoms with van der Waals surface area (Å²) in [6, 6.07) is 0. The van der Waals surface area contributed by atoms with E-state index in [1.54, 1.807) is 6.92 Å². The third kappa shape index (κ3) is 10.8. The van der Waals surface area contributed by atoms with E-state index < -0.39 is 0 Å². The van der Waals surface area contributed by atoms with E-state index in [4.69, 9.17) is 10.8 Å². The first-order chi connectivity index (χ1) is 7.20. The van der Waals surface area contributed by atoms with Crippen LogP contribution in [0.25, 0.3) is 0 Å². The second-order valence-electron chi connectivity index (χ2n) is 3.57. The maximum Gasteiger partial charge on any atom is 0.0636 e. The van der Waals surface area contributed by atoms with Crippen molar-refractivity contribution in [2.75, 3.05) is 45.8 Å². The van der Waals surface area contributed by atoms with E-state index in [-0.39, 0.29) is 6.10 Å². The van der Waals surface area contributed by atoms with Gasteiger partial charge in [-0.15, -0.1) is 0 Å². The van der Waals surface area contributed by atoms with Crippen molar-refractivity contribution in [3.63, 3.8) is 0 Å². The first kappa shape index (κ1) is 15.5. The second-order valence-corrected chi connectivity index (χ2v) is 4.33. The summed E-state index contributed by atoms with van der Waals surface area (Å²) in [6.07, 6.45) is -0.274. The van der Waals surface area contributed by atoms with Gasteiger partial charge in [0.15, 0.2) is 0 Å². The molecule has 0 aromatic heterocycles. The van der Waals surface area contributed by atoms with Crippen molar-refractivity contribution in [3.8, 4) is 0 Å². The van der Waals surface area contributed by atoms with Crippen molar-refractivity contribution in [1.82, 2.24) is 13.7 Å². The zero-order valence-electron chi connectivity index (χ0n) is 9.38. The zero-order chi connectivity index (χ0) is 11.5. The lowest BCUT2D eigenvalue weighted by Gasteiger charge is -2.21. The van der Waals surface area contributed by atoms with Crippen molar-refractivity contribution < 1.29 is 5.11 Å². The van der Waals surface area contributed by atoms with Crippen LogP contribution in [0.1, 0.15) is 6.92 Å². The Balaban J connectivity index is 3.47. The third-order valence-corrected chi connectivity index (χ3v) is 2.55. The van der Waals surface area contributed by atoms with Crippen LogP contribution in [0.2, 0.25) is 0 Å². The molecular weight excluding hydrogens is 307 g/mol. The largest absolute Gasteiger partial charge is 0.392 e. The van der Waals surface area contributed by atoms with Gasteiger partial charge >= 0.3 is 0 Å². The fourth-order valence-corrected chi connectivity index (χ4v) is 1.51. The molecule has 0 spiro atoms. The van der Waals surface area contributed by atoms with Crippen LogP contribution in [0.15, 0.2) is 0 Å². The lowest BCUT2D eigenvalue weighted by molar-refractivity contribution is 0.188. The average Bonchev–Trinajstić information content (AvgIpc) is 2.20. The summed E-state index contributed by atoms with van der Waals surface area (Å²) in [5.41, 5.74) is 5.53. The van der Waals surface area contributed by atoms with Gasteiger partial charge in [0.05, 0.1) is 6.10 Å². The maximum atomic E-state index is 9.06. The molecule has 0 aromatic rings. The molecule has 5 N–H and O–H groups in total. The van der Waals surface area contributed by atoms with E-state index in [1.807, 2.05) is 0 Å². The monoisotopic (exact) mass is 330 g/mol. The van der Waals surface area contributed by atoms with Crippen LogP contribution < -0.4 is 14.6 Å². The lowest BCUT2D eigenvalue weighted by atomic mass is 10.4. The highest BCUT2D eigenvalue weighted by atomic mass is 127. The molecule has 0 amide bonds. The number of nitrogens with two attached hydrogens (primary N) is 1. The van der Waals surface area contributed by atoms with Gasteiger partial charge in [-0.25, -0.2) is 0 Å². The molecule has 0 heterocycles. The number of nitrogens with one attached hydrogen (secondary N) is 2. The SMILES string of the molecule is CC(O)CNCCN(CCN)CCNI. The molecule has 1 unspecified atom stereocenters. The molecule has 0 aliphatic heterocycles. The lowest BCUT2D eigenvalue weighted by Crippen LogP contribution is -2.39. The summed E-state index contributed by atoms with van der Waals surface area (Å²) in [5.74, 6) is 0. The van der Waals surface area contributed by atoms with Crippen LogP contribution in [0, 0.1) is 0 Å². The van der Waals surface area contributed by atoms with Gasteiger partial charge in [0, 0.05) is 68.7 Å². The smallest absolute Gasteiger partial charge is 0.0636 e. The molecule has 0 saturated carbocycles. The van der Waals surface area contributed by atoms with E-state index in [0.717, 1.165) is 32.7 Å². The van der Waals surface area contributed by atoms with Crippen molar-refractivity contribution in [2.24, 2.45) is 5.73 Å². The number of rotatable bonds is 10. The van der Waals surface area contributed by atoms with Crippen molar-refractivity contribution in [3.05, 3.63) is 0 Å². The summed E-state index contributed by atoms with van der Waals surface area (Å²) >= 11 is 2.15. The summed E-state index contributed by atoms with van der Waals surface area (Å²) in [6.45, 7) is 7.90. The minimum atomic E-state index is -0.274. The Bertz CT molecular complexity index is 137. The first-order valence-electron chi connectivity index (χ1n) is 5.35. The Kier molecular flexibility index (Phi) is 11.4. The third-order valence-electron chi connectivity index (χ3n) is 2.01. The fraction of sp³-hybridized carbons (Fsp3) is 1.00. The number of halogens is 1. The van der Waals surface area contributed by atoms with Crippen molar-refractivity contribution in [2.45, 2.75) is 13.0 Å². The minimum absolute atomic E-state index is 0.274. The first-order valence-corrected chi connectivity index (χ1v) is 6.43. The Morgan fingerprint density at radius 2 is 2.00 bits per heavy atom. The van der Waals surface area contributed by atoms with Crippen LogP contribution in [-0.4, -0.2) is 61.9 Å². The van der Waals surface area contributed by atoms with Gasteiger partial charge in [-0.2, -0.15) is 0 Å². The molecule has 92 valence electrons. The van der Waals surface area contributed by atoms with Crippen molar-refractivity contribution in [1.29, 1.82) is 0 Å². The van der Waals surface area contributed by atoms with E-state index in [2.05, 4.69) is 36.6 Å². The molecule has 0 aromatic carbocycles. The number of aliphatic hydroxyl groups excluding tert-OH is 1. The summed E-state index contributed by atoms with van der Waals surface area (Å²) in [7, 11) is 0. The Hall–Kier alpha value is 0.530. The topological polar surface area (TPSA) is 73.5 Å². The van der Waals surface area contributed by atoms with E-state index >= 15 is 0 Å². The predicted molar refractivity (Wildman–Crippen MR) is 72.1 cm³/mol. The fourth-order valence-electron chi connectivity index (χ4n) is 1.27. The van der Waals surface area contributed by atoms with Crippen LogP contribution in [0.3, 0.4) is 0 Å². The van der Waals surface area contributed by atoms with E-state index in [1.165, 1.54) is 0 Å². The standard InChI is InChI=1S/C9H23IN4O/c1-9(15)8-12-3-6-14(5-2-11)7-4-13-10/h9,12-13,15H,2-8,11H2,1H3. The van der Waals surface area contributed by atoms with Crippen molar-refractivity contribution >= 4 is 22.9 Å². The number of aliphatic hydroxyl groups is 1. The molecule has 15 heavy (non-hydrogen) atoms. The molecule has 0 aliphatic carbocycles. The summed E-state index contributed by atoms with van der Waals surface area (Å²) < 4.78 is 3.09. The molecule has 0 bridgehead atoms. The highest BCUT2D eigenvalue weighted by Gasteiger charge is 2.02. The predicted octanol–water partition coefficient (Wildman–Crippen LogP) is -0.843. The van der Waals surface area contributed by atoms with Gasteiger partial charge in [-0.1, -0.05) is 0 Å². The van der Waals surface area contributed by atoms with Crippen LogP contribution in [0.4, 0.5) is 0 Å². The highest BCUT2D eigenvalue weighted by molar-refractivity contribution is 14.1. The van der Waals surface area contributed by atoms with Crippen LogP contribution in [0.5, 0.6) is 0 Å². The van der Waals surface area contributed by atoms with E-state index in [0.29, 0.717) is 13.1 Å². The minimum Gasteiger partial charge on any atom is -0.392 e. The molecule has 0 rings (SSSR count). The maximum absolute atomic E-state index is 9.06. The number of nitrogens with zero attached hydrogens (tertiary/aromatic N) is 1. The highest BCUT2D eigenvalue weighted by Crippen LogP contribution is 1.86. The Labute approximate surface area is 106 Å². The zero-order valence-corrected chi connectivity index (χ0v) is 11.5. The van der Waals surface area contributed by atoms with Crippen LogP contribution >= 0.6 is 22.9 Å². The summed E-state index contributed by atoms with van der Waals surface area (Å²) in [5, 5.41) is 12.3. The number of hydrogen-bond donors (Lipinski definition) is 4. The van der Waals surface area contributed by atoms with Gasteiger partial charge in [-0.05, 0) is 6.92 Å². The van der Waals surface area contributed by atoms with Gasteiger partial charge in [0.1, 0.15) is 0 Å². The average molecular weight is 330 g/mol. The second kappa shape index (κ2) is 11.0. The van der Waals surface area contributed by atoms with Gasteiger partial charge in [-0.3, -0.25) is 8.43 Å². The normalized spacial score (nSPS) is 13.4. The molecular formula is C9H23IN4O. The van der Waals surface area contributed by atoms with Crippen LogP contribution in [-0.2, 0) is 0 Å². The summed E-state index contributed by atoms with van der Waals surface area (Å²) in [4.78, 5) is 2.31. The van der Waals surface area contributed by atoms with Gasteiger partial charge in [0.2, 0.25) is 0 Å². The molecule has 5 nitrogen and oxygen atoms in total. The number of hydrogen-bond acceptors (Lipinski definition) is 5. The quantitative estimate of drug-likeness (QED) is 0.239. The molecule has 0 aliphatic rings.